The van der Waals surface area contributed by atoms with E-state index in [0.717, 1.165) is 30.7 Å². The third-order valence-electron chi connectivity index (χ3n) is 2.67. The van der Waals surface area contributed by atoms with Crippen LogP contribution in [0.5, 0.6) is 0 Å². The zero-order valence-electron chi connectivity index (χ0n) is 10.6. The normalized spacial score (nSPS) is 10.6. The molecule has 0 aliphatic heterocycles. The smallest absolute Gasteiger partial charge is 0.0641 e. The highest BCUT2D eigenvalue weighted by molar-refractivity contribution is 9.10. The van der Waals surface area contributed by atoms with Gasteiger partial charge in [-0.2, -0.15) is 0 Å². The minimum Gasteiger partial charge on any atom is -0.380 e. The van der Waals surface area contributed by atoms with Crippen LogP contribution >= 0.6 is 15.9 Å². The lowest BCUT2D eigenvalue weighted by molar-refractivity contribution is 0.154. The molecule has 0 aromatic heterocycles. The second-order valence-electron chi connectivity index (χ2n) is 3.93. The molecule has 1 aromatic rings. The highest BCUT2D eigenvalue weighted by Gasteiger charge is 2.04. The van der Waals surface area contributed by atoms with E-state index in [1.165, 1.54) is 11.3 Å². The van der Waals surface area contributed by atoms with Gasteiger partial charge in [0.15, 0.2) is 0 Å². The predicted octanol–water partition coefficient (Wildman–Crippen LogP) is 2.42. The average molecular weight is 301 g/mol. The molecule has 4 heteroatoms. The summed E-state index contributed by atoms with van der Waals surface area (Å²) in [5, 5.41) is 0. The maximum absolute atomic E-state index is 5.56. The lowest BCUT2D eigenvalue weighted by atomic mass is 10.1. The summed E-state index contributed by atoms with van der Waals surface area (Å²) in [4.78, 5) is 2.19. The maximum Gasteiger partial charge on any atom is 0.0641 e. The van der Waals surface area contributed by atoms with Crippen LogP contribution in [0, 0.1) is 0 Å². The molecule has 0 aliphatic carbocycles. The van der Waals surface area contributed by atoms with E-state index in [0.29, 0.717) is 6.54 Å². The number of hydrogen-bond acceptors (Lipinski definition) is 3. The van der Waals surface area contributed by atoms with Gasteiger partial charge in [0.2, 0.25) is 0 Å². The fourth-order valence-corrected chi connectivity index (χ4v) is 2.17. The van der Waals surface area contributed by atoms with E-state index in [1.54, 1.807) is 0 Å². The molecule has 0 aliphatic rings. The van der Waals surface area contributed by atoms with E-state index in [9.17, 15) is 0 Å². The van der Waals surface area contributed by atoms with Gasteiger partial charge in [0.05, 0.1) is 6.61 Å². The summed E-state index contributed by atoms with van der Waals surface area (Å²) in [6, 6.07) is 6.39. The van der Waals surface area contributed by atoms with Gasteiger partial charge in [0.25, 0.3) is 0 Å². The van der Waals surface area contributed by atoms with Crippen LogP contribution in [-0.4, -0.2) is 33.4 Å². The summed E-state index contributed by atoms with van der Waals surface area (Å²) in [7, 11) is 2.07. The topological polar surface area (TPSA) is 38.5 Å². The number of benzene rings is 1. The van der Waals surface area contributed by atoms with Crippen LogP contribution in [0.2, 0.25) is 0 Å². The minimum atomic E-state index is 0.679. The lowest BCUT2D eigenvalue weighted by Crippen LogP contribution is -2.22. The molecule has 0 bridgehead atoms. The molecule has 0 atom stereocenters. The molecule has 0 saturated carbocycles. The Balaban J connectivity index is 2.62. The molecule has 0 radical (unpaired) electrons. The van der Waals surface area contributed by atoms with Crippen LogP contribution in [0.1, 0.15) is 12.5 Å². The second kappa shape index (κ2) is 7.69. The summed E-state index contributed by atoms with van der Waals surface area (Å²) in [5.74, 6) is 0. The number of rotatable bonds is 7. The molecular weight excluding hydrogens is 280 g/mol. The Morgan fingerprint density at radius 3 is 2.76 bits per heavy atom. The maximum atomic E-state index is 5.56. The van der Waals surface area contributed by atoms with E-state index in [2.05, 4.69) is 46.1 Å². The molecule has 1 rings (SSSR count). The minimum absolute atomic E-state index is 0.679. The molecule has 3 nitrogen and oxygen atoms in total. The molecule has 0 unspecified atom stereocenters. The van der Waals surface area contributed by atoms with E-state index in [1.807, 2.05) is 6.92 Å². The molecule has 1 aromatic carbocycles. The molecule has 17 heavy (non-hydrogen) atoms. The Bertz CT molecular complexity index is 344. The monoisotopic (exact) mass is 300 g/mol. The number of halogens is 1. The molecule has 2 N–H and O–H groups in total. The van der Waals surface area contributed by atoms with Crippen molar-refractivity contribution in [2.24, 2.45) is 5.73 Å². The summed E-state index contributed by atoms with van der Waals surface area (Å²) >= 11 is 3.58. The first-order valence-corrected chi connectivity index (χ1v) is 6.75. The number of likely N-dealkylation sites (N-methyl/N-ethyl adjacent to an activating group) is 1. The SMILES string of the molecule is CCOCCN(C)c1ccc(CCN)c(Br)c1. The van der Waals surface area contributed by atoms with Gasteiger partial charge in [-0.25, -0.2) is 0 Å². The standard InChI is InChI=1S/C13H21BrN2O/c1-3-17-9-8-16(2)12-5-4-11(6-7-15)13(14)10-12/h4-5,10H,3,6-9,15H2,1-2H3. The first-order chi connectivity index (χ1) is 8.19. The summed E-state index contributed by atoms with van der Waals surface area (Å²) in [6.45, 7) is 5.12. The predicted molar refractivity (Wildman–Crippen MR) is 76.7 cm³/mol. The Labute approximate surface area is 112 Å². The first kappa shape index (κ1) is 14.5. The molecule has 0 saturated heterocycles. The van der Waals surface area contributed by atoms with Gasteiger partial charge < -0.3 is 15.4 Å². The van der Waals surface area contributed by atoms with Crippen molar-refractivity contribution in [3.63, 3.8) is 0 Å². The Morgan fingerprint density at radius 2 is 2.18 bits per heavy atom. The van der Waals surface area contributed by atoms with Crippen molar-refractivity contribution < 1.29 is 4.74 Å². The number of hydrogen-bond donors (Lipinski definition) is 1. The highest BCUT2D eigenvalue weighted by atomic mass is 79.9. The van der Waals surface area contributed by atoms with Gasteiger partial charge >= 0.3 is 0 Å². The van der Waals surface area contributed by atoms with Crippen LogP contribution in [0.4, 0.5) is 5.69 Å². The van der Waals surface area contributed by atoms with Gasteiger partial charge in [0.1, 0.15) is 0 Å². The van der Waals surface area contributed by atoms with Crippen LogP contribution in [-0.2, 0) is 11.2 Å². The van der Waals surface area contributed by atoms with Crippen molar-refractivity contribution in [1.29, 1.82) is 0 Å². The van der Waals surface area contributed by atoms with Crippen molar-refractivity contribution in [1.82, 2.24) is 0 Å². The third kappa shape index (κ3) is 4.66. The van der Waals surface area contributed by atoms with Gasteiger partial charge in [-0.15, -0.1) is 0 Å². The summed E-state index contributed by atoms with van der Waals surface area (Å²) in [5.41, 5.74) is 8.01. The third-order valence-corrected chi connectivity index (χ3v) is 3.40. The van der Waals surface area contributed by atoms with E-state index in [-0.39, 0.29) is 0 Å². The number of nitrogens with zero attached hydrogens (tertiary/aromatic N) is 1. The van der Waals surface area contributed by atoms with Gasteiger partial charge in [0, 0.05) is 30.4 Å². The van der Waals surface area contributed by atoms with E-state index < -0.39 is 0 Å². The van der Waals surface area contributed by atoms with Crippen molar-refractivity contribution in [2.45, 2.75) is 13.3 Å². The number of anilines is 1. The highest BCUT2D eigenvalue weighted by Crippen LogP contribution is 2.23. The molecule has 0 heterocycles. The summed E-state index contributed by atoms with van der Waals surface area (Å²) < 4.78 is 6.48. The fourth-order valence-electron chi connectivity index (χ4n) is 1.61. The Hall–Kier alpha value is -0.580. The van der Waals surface area contributed by atoms with Crippen molar-refractivity contribution in [3.05, 3.63) is 28.2 Å². The van der Waals surface area contributed by atoms with Crippen molar-refractivity contribution in [3.8, 4) is 0 Å². The Morgan fingerprint density at radius 1 is 1.41 bits per heavy atom. The molecule has 96 valence electrons. The summed E-state index contributed by atoms with van der Waals surface area (Å²) in [6.07, 6.45) is 0.906. The molecule has 0 spiro atoms. The van der Waals surface area contributed by atoms with Crippen LogP contribution in [0.3, 0.4) is 0 Å². The van der Waals surface area contributed by atoms with Crippen molar-refractivity contribution >= 4 is 21.6 Å². The first-order valence-electron chi connectivity index (χ1n) is 5.96. The number of nitrogens with two attached hydrogens (primary N) is 1. The molecule has 0 fully saturated rings. The fraction of sp³-hybridized carbons (Fsp3) is 0.538. The van der Waals surface area contributed by atoms with Gasteiger partial charge in [-0.05, 0) is 37.6 Å². The largest absolute Gasteiger partial charge is 0.380 e. The molecular formula is C13H21BrN2O. The molecule has 0 amide bonds. The van der Waals surface area contributed by atoms with E-state index >= 15 is 0 Å². The zero-order valence-corrected chi connectivity index (χ0v) is 12.2. The average Bonchev–Trinajstić information content (AvgIpc) is 2.32. The second-order valence-corrected chi connectivity index (χ2v) is 4.79. The lowest BCUT2D eigenvalue weighted by Gasteiger charge is -2.20. The Kier molecular flexibility index (Phi) is 6.55. The van der Waals surface area contributed by atoms with Gasteiger partial charge in [-0.1, -0.05) is 22.0 Å². The van der Waals surface area contributed by atoms with Crippen LogP contribution in [0.15, 0.2) is 22.7 Å². The zero-order chi connectivity index (χ0) is 12.7. The van der Waals surface area contributed by atoms with Gasteiger partial charge in [-0.3, -0.25) is 0 Å². The quantitative estimate of drug-likeness (QED) is 0.786. The number of ether oxygens (including phenoxy) is 1. The van der Waals surface area contributed by atoms with Crippen LogP contribution in [0.25, 0.3) is 0 Å². The van der Waals surface area contributed by atoms with Crippen LogP contribution < -0.4 is 10.6 Å². The van der Waals surface area contributed by atoms with Crippen molar-refractivity contribution in [2.75, 3.05) is 38.3 Å². The van der Waals surface area contributed by atoms with E-state index in [4.69, 9.17) is 10.5 Å².